The Morgan fingerprint density at radius 2 is 2.00 bits per heavy atom. The molecule has 3 aromatic heterocycles. The van der Waals surface area contributed by atoms with E-state index in [-0.39, 0.29) is 22.2 Å². The number of carbonyl (C=O) groups excluding carboxylic acids is 2. The Bertz CT molecular complexity index is 1110. The molecule has 1 N–H and O–H groups in total. The molecule has 0 spiro atoms. The van der Waals surface area contributed by atoms with Crippen LogP contribution in [0.25, 0.3) is 10.2 Å². The van der Waals surface area contributed by atoms with Crippen molar-refractivity contribution >= 4 is 33.5 Å². The van der Waals surface area contributed by atoms with Crippen molar-refractivity contribution in [1.29, 1.82) is 0 Å². The normalized spacial score (nSPS) is 11.2. The third-order valence-corrected chi connectivity index (χ3v) is 5.38. The summed E-state index contributed by atoms with van der Waals surface area (Å²) in [6.07, 6.45) is -0.219. The second-order valence-electron chi connectivity index (χ2n) is 6.53. The first-order chi connectivity index (χ1) is 13.8. The molecule has 0 aromatic carbocycles. The molecule has 0 aliphatic carbocycles. The predicted octanol–water partition coefficient (Wildman–Crippen LogP) is 2.02. The first-order valence-corrected chi connectivity index (χ1v) is 9.57. The number of hydrogen-bond donors (Lipinski definition) is 1. The number of aryl methyl sites for hydroxylation is 1. The minimum absolute atomic E-state index is 0.169. The number of esters is 2. The third-order valence-electron chi connectivity index (χ3n) is 4.27. The van der Waals surface area contributed by atoms with E-state index in [2.05, 4.69) is 14.7 Å². The van der Waals surface area contributed by atoms with Gasteiger partial charge in [-0.3, -0.25) is 14.5 Å². The van der Waals surface area contributed by atoms with Gasteiger partial charge in [0.1, 0.15) is 27.1 Å². The Morgan fingerprint density at radius 3 is 2.62 bits per heavy atom. The third kappa shape index (κ3) is 4.54. The second-order valence-corrected chi connectivity index (χ2v) is 7.53. The maximum atomic E-state index is 12.7. The minimum atomic E-state index is -0.627. The number of thiophene rings is 1. The zero-order valence-corrected chi connectivity index (χ0v) is 17.3. The van der Waals surface area contributed by atoms with Gasteiger partial charge in [-0.25, -0.2) is 9.78 Å². The number of nitrogens with zero attached hydrogens (tertiary/aromatic N) is 2. The largest absolute Gasteiger partial charge is 0.469 e. The number of carbonyl (C=O) groups is 2. The van der Waals surface area contributed by atoms with Crippen LogP contribution in [-0.2, 0) is 33.8 Å². The van der Waals surface area contributed by atoms with Crippen molar-refractivity contribution in [2.45, 2.75) is 26.4 Å². The monoisotopic (exact) mass is 419 g/mol. The molecule has 0 aliphatic rings. The Kier molecular flexibility index (Phi) is 6.14. The number of ether oxygens (including phenoxy) is 2. The van der Waals surface area contributed by atoms with Crippen LogP contribution < -0.4 is 5.56 Å². The van der Waals surface area contributed by atoms with Gasteiger partial charge in [0.25, 0.3) is 5.56 Å². The first-order valence-electron chi connectivity index (χ1n) is 8.76. The van der Waals surface area contributed by atoms with Gasteiger partial charge < -0.3 is 18.9 Å². The minimum Gasteiger partial charge on any atom is -0.469 e. The van der Waals surface area contributed by atoms with Gasteiger partial charge >= 0.3 is 11.9 Å². The van der Waals surface area contributed by atoms with Gasteiger partial charge in [0.2, 0.25) is 0 Å². The Balaban J connectivity index is 1.94. The molecule has 3 rings (SSSR count). The van der Waals surface area contributed by atoms with Crippen LogP contribution in [0.3, 0.4) is 0 Å². The molecule has 0 saturated carbocycles. The number of H-pyrrole nitrogens is 1. The summed E-state index contributed by atoms with van der Waals surface area (Å²) in [5.74, 6) is 0.881. The fourth-order valence-electron chi connectivity index (χ4n) is 2.97. The van der Waals surface area contributed by atoms with Gasteiger partial charge in [0, 0.05) is 5.56 Å². The molecule has 3 aromatic rings. The van der Waals surface area contributed by atoms with Gasteiger partial charge in [0.15, 0.2) is 0 Å². The van der Waals surface area contributed by atoms with E-state index < -0.39 is 17.5 Å². The number of nitrogens with one attached hydrogen (secondary N) is 1. The lowest BCUT2D eigenvalue weighted by molar-refractivity contribution is -0.139. The maximum Gasteiger partial charge on any atom is 0.348 e. The van der Waals surface area contributed by atoms with Crippen LogP contribution in [0.2, 0.25) is 0 Å². The molecule has 154 valence electrons. The summed E-state index contributed by atoms with van der Waals surface area (Å²) in [4.78, 5) is 46.3. The molecular formula is C19H21N3O6S. The van der Waals surface area contributed by atoms with Crippen molar-refractivity contribution in [2.75, 3.05) is 21.3 Å². The Morgan fingerprint density at radius 1 is 1.24 bits per heavy atom. The summed E-state index contributed by atoms with van der Waals surface area (Å²) < 4.78 is 15.0. The first kappa shape index (κ1) is 20.7. The lowest BCUT2D eigenvalue weighted by atomic mass is 10.1. The molecule has 0 aliphatic heterocycles. The molecule has 29 heavy (non-hydrogen) atoms. The highest BCUT2D eigenvalue weighted by Gasteiger charge is 2.25. The van der Waals surface area contributed by atoms with Crippen LogP contribution >= 0.6 is 11.3 Å². The van der Waals surface area contributed by atoms with Crippen LogP contribution in [0.1, 0.15) is 32.6 Å². The average Bonchev–Trinajstić information content (AvgIpc) is 3.24. The molecule has 9 nitrogen and oxygen atoms in total. The molecule has 0 radical (unpaired) electrons. The zero-order chi connectivity index (χ0) is 21.1. The summed E-state index contributed by atoms with van der Waals surface area (Å²) in [5.41, 5.74) is -0.152. The maximum absolute atomic E-state index is 12.7. The van der Waals surface area contributed by atoms with Crippen LogP contribution in [-0.4, -0.2) is 48.1 Å². The topological polar surface area (TPSA) is 115 Å². The summed E-state index contributed by atoms with van der Waals surface area (Å²) in [5, 5.41) is 0.203. The molecule has 3 heterocycles. The molecule has 0 fully saturated rings. The van der Waals surface area contributed by atoms with Crippen LogP contribution in [0.15, 0.2) is 21.3 Å². The van der Waals surface area contributed by atoms with Crippen LogP contribution in [0.5, 0.6) is 0 Å². The molecule has 0 amide bonds. The number of fused-ring (bicyclic) bond motifs is 1. The van der Waals surface area contributed by atoms with Gasteiger partial charge in [-0.15, -0.1) is 11.3 Å². The van der Waals surface area contributed by atoms with E-state index in [0.29, 0.717) is 23.7 Å². The molecule has 0 saturated heterocycles. The van der Waals surface area contributed by atoms with Crippen molar-refractivity contribution < 1.29 is 23.5 Å². The zero-order valence-electron chi connectivity index (χ0n) is 16.5. The van der Waals surface area contributed by atoms with Crippen molar-refractivity contribution in [3.8, 4) is 0 Å². The average molecular weight is 419 g/mol. The van der Waals surface area contributed by atoms with E-state index in [1.54, 1.807) is 0 Å². The Labute approximate surface area is 170 Å². The summed E-state index contributed by atoms with van der Waals surface area (Å²) in [6, 6.07) is 3.78. The van der Waals surface area contributed by atoms with Gasteiger partial charge in [-0.05, 0) is 26.1 Å². The predicted molar refractivity (Wildman–Crippen MR) is 106 cm³/mol. The highest BCUT2D eigenvalue weighted by molar-refractivity contribution is 7.20. The quantitative estimate of drug-likeness (QED) is 0.579. The fraction of sp³-hybridized carbons (Fsp3) is 0.368. The van der Waals surface area contributed by atoms with E-state index in [0.717, 1.165) is 22.9 Å². The molecule has 0 unspecified atom stereocenters. The molecule has 10 heteroatoms. The van der Waals surface area contributed by atoms with E-state index in [4.69, 9.17) is 9.15 Å². The van der Waals surface area contributed by atoms with Crippen molar-refractivity contribution in [3.05, 3.63) is 50.3 Å². The van der Waals surface area contributed by atoms with E-state index >= 15 is 0 Å². The smallest absolute Gasteiger partial charge is 0.348 e. The number of methoxy groups -OCH3 is 2. The molecule has 0 atom stereocenters. The second kappa shape index (κ2) is 8.58. The van der Waals surface area contributed by atoms with Crippen LogP contribution in [0, 0.1) is 6.92 Å². The van der Waals surface area contributed by atoms with E-state index in [9.17, 15) is 14.4 Å². The van der Waals surface area contributed by atoms with Crippen molar-refractivity contribution in [2.24, 2.45) is 0 Å². The standard InChI is InChI=1S/C19H21N3O6S/c1-10-5-6-11(28-10)8-22(2)9-13-20-17(24)15-12(7-14(23)26-3)16(19(25)27-4)29-18(15)21-13/h5-6H,7-9H2,1-4H3,(H,20,21,24). The Hall–Kier alpha value is -2.98. The van der Waals surface area contributed by atoms with Crippen molar-refractivity contribution in [3.63, 3.8) is 0 Å². The lowest BCUT2D eigenvalue weighted by Gasteiger charge is -2.14. The number of hydrogen-bond acceptors (Lipinski definition) is 9. The molecule has 0 bridgehead atoms. The van der Waals surface area contributed by atoms with E-state index in [1.807, 2.05) is 31.0 Å². The number of aromatic nitrogens is 2. The van der Waals surface area contributed by atoms with Gasteiger partial charge in [-0.2, -0.15) is 0 Å². The highest BCUT2D eigenvalue weighted by Crippen LogP contribution is 2.29. The SMILES string of the molecule is COC(=O)Cc1c(C(=O)OC)sc2nc(CN(C)Cc3ccc(C)o3)[nH]c(=O)c12. The summed E-state index contributed by atoms with van der Waals surface area (Å²) in [6.45, 7) is 2.78. The van der Waals surface area contributed by atoms with Crippen LogP contribution in [0.4, 0.5) is 0 Å². The highest BCUT2D eigenvalue weighted by atomic mass is 32.1. The van der Waals surface area contributed by atoms with Crippen molar-refractivity contribution in [1.82, 2.24) is 14.9 Å². The number of aromatic amines is 1. The summed E-state index contributed by atoms with van der Waals surface area (Å²) >= 11 is 1.02. The molecular weight excluding hydrogens is 398 g/mol. The van der Waals surface area contributed by atoms with E-state index in [1.165, 1.54) is 14.2 Å². The number of rotatable bonds is 7. The fourth-order valence-corrected chi connectivity index (χ4v) is 4.11. The van der Waals surface area contributed by atoms with Gasteiger partial charge in [0.05, 0.1) is 39.1 Å². The lowest BCUT2D eigenvalue weighted by Crippen LogP contribution is -2.22. The van der Waals surface area contributed by atoms with Gasteiger partial charge in [-0.1, -0.05) is 0 Å². The summed E-state index contributed by atoms with van der Waals surface area (Å²) in [7, 11) is 4.35. The number of furan rings is 1.